The molecule has 1 fully saturated rings. The Morgan fingerprint density at radius 3 is 2.56 bits per heavy atom. The molecule has 1 aliphatic rings. The molecule has 2 aromatic carbocycles. The highest BCUT2D eigenvalue weighted by molar-refractivity contribution is 7.89. The van der Waals surface area contributed by atoms with Crippen molar-refractivity contribution < 1.29 is 13.2 Å². The first-order valence-corrected chi connectivity index (χ1v) is 10.9. The molecule has 0 radical (unpaired) electrons. The van der Waals surface area contributed by atoms with Crippen LogP contribution in [0.3, 0.4) is 0 Å². The van der Waals surface area contributed by atoms with E-state index in [9.17, 15) is 13.2 Å². The lowest BCUT2D eigenvalue weighted by molar-refractivity contribution is -0.126. The number of nitrogens with zero attached hydrogens (tertiary/aromatic N) is 1. The molecule has 1 saturated heterocycles. The van der Waals surface area contributed by atoms with Gasteiger partial charge in [-0.15, -0.1) is 0 Å². The number of nitrogens with one attached hydrogen (secondary N) is 1. The maximum Gasteiger partial charge on any atom is 0.243 e. The van der Waals surface area contributed by atoms with Gasteiger partial charge in [0.1, 0.15) is 0 Å². The maximum atomic E-state index is 13.1. The monoisotopic (exact) mass is 388 g/mol. The lowest BCUT2D eigenvalue weighted by atomic mass is 9.95. The molecule has 0 saturated carbocycles. The van der Waals surface area contributed by atoms with Gasteiger partial charge in [0.15, 0.2) is 0 Å². The van der Waals surface area contributed by atoms with Crippen molar-refractivity contribution in [3.63, 3.8) is 0 Å². The summed E-state index contributed by atoms with van der Waals surface area (Å²) in [7, 11) is -3.61. The van der Waals surface area contributed by atoms with Gasteiger partial charge in [0.2, 0.25) is 15.9 Å². The summed E-state index contributed by atoms with van der Waals surface area (Å²) in [6, 6.07) is 12.9. The zero-order chi connectivity index (χ0) is 19.7. The van der Waals surface area contributed by atoms with E-state index >= 15 is 0 Å². The lowest BCUT2D eigenvalue weighted by Gasteiger charge is -2.32. The van der Waals surface area contributed by atoms with Crippen LogP contribution in [0, 0.1) is 11.3 Å². The summed E-state index contributed by atoms with van der Waals surface area (Å²) in [6.07, 6.45) is 1.42. The summed E-state index contributed by atoms with van der Waals surface area (Å²) in [6.45, 7) is 7.46. The fraction of sp³-hybridized carbons (Fsp3) is 0.476. The van der Waals surface area contributed by atoms with Crippen LogP contribution in [-0.2, 0) is 14.8 Å². The van der Waals surface area contributed by atoms with Crippen LogP contribution in [0.1, 0.15) is 33.6 Å². The molecule has 2 aromatic rings. The Hall–Kier alpha value is -1.92. The number of sulfonamides is 1. The molecule has 6 heteroatoms. The molecule has 27 heavy (non-hydrogen) atoms. The van der Waals surface area contributed by atoms with E-state index in [1.807, 2.05) is 30.3 Å². The van der Waals surface area contributed by atoms with Crippen LogP contribution in [0.5, 0.6) is 0 Å². The highest BCUT2D eigenvalue weighted by atomic mass is 32.2. The number of amides is 1. The van der Waals surface area contributed by atoms with Gasteiger partial charge in [-0.05, 0) is 41.2 Å². The Bertz CT molecular complexity index is 932. The fourth-order valence-corrected chi connectivity index (χ4v) is 4.91. The van der Waals surface area contributed by atoms with E-state index in [1.165, 1.54) is 4.31 Å². The first-order valence-electron chi connectivity index (χ1n) is 9.43. The number of carbonyl (C=O) groups excluding carboxylic acids is 1. The van der Waals surface area contributed by atoms with E-state index in [0.717, 1.165) is 17.2 Å². The predicted molar refractivity (Wildman–Crippen MR) is 108 cm³/mol. The molecule has 0 aliphatic carbocycles. The molecule has 1 aliphatic heterocycles. The van der Waals surface area contributed by atoms with Crippen LogP contribution < -0.4 is 5.32 Å². The highest BCUT2D eigenvalue weighted by Gasteiger charge is 2.33. The minimum absolute atomic E-state index is 0.00118. The van der Waals surface area contributed by atoms with E-state index in [0.29, 0.717) is 19.5 Å². The number of hydrogen-bond donors (Lipinski definition) is 1. The van der Waals surface area contributed by atoms with Crippen LogP contribution in [-0.4, -0.2) is 38.3 Å². The topological polar surface area (TPSA) is 66.5 Å². The molecule has 0 bridgehead atoms. The summed E-state index contributed by atoms with van der Waals surface area (Å²) in [5.41, 5.74) is 0.00118. The van der Waals surface area contributed by atoms with Crippen molar-refractivity contribution in [1.29, 1.82) is 0 Å². The first-order chi connectivity index (χ1) is 12.7. The zero-order valence-corrected chi connectivity index (χ0v) is 17.1. The standard InChI is InChI=1S/C21H28N2O3S/c1-21(2,3)15-22-20(24)18-9-6-12-23(14-18)27(25,26)19-11-10-16-7-4-5-8-17(16)13-19/h4-5,7-8,10-11,13,18H,6,9,12,14-15H2,1-3H3,(H,22,24)/t18-/m0/s1. The van der Waals surface area contributed by atoms with Gasteiger partial charge in [-0.3, -0.25) is 4.79 Å². The van der Waals surface area contributed by atoms with Crippen molar-refractivity contribution in [2.45, 2.75) is 38.5 Å². The number of hydrogen-bond acceptors (Lipinski definition) is 3. The maximum absolute atomic E-state index is 13.1. The predicted octanol–water partition coefficient (Wildman–Crippen LogP) is 3.40. The van der Waals surface area contributed by atoms with Gasteiger partial charge in [-0.25, -0.2) is 8.42 Å². The fourth-order valence-electron chi connectivity index (χ4n) is 3.35. The van der Waals surface area contributed by atoms with Crippen LogP contribution >= 0.6 is 0 Å². The third-order valence-electron chi connectivity index (χ3n) is 4.91. The zero-order valence-electron chi connectivity index (χ0n) is 16.2. The summed E-state index contributed by atoms with van der Waals surface area (Å²) in [4.78, 5) is 12.8. The van der Waals surface area contributed by atoms with Gasteiger partial charge in [0.25, 0.3) is 0 Å². The Morgan fingerprint density at radius 2 is 1.85 bits per heavy atom. The Morgan fingerprint density at radius 1 is 1.15 bits per heavy atom. The third kappa shape index (κ3) is 4.68. The molecule has 1 amide bonds. The second-order valence-corrected chi connectivity index (χ2v) is 10.4. The second kappa shape index (κ2) is 7.60. The second-order valence-electron chi connectivity index (χ2n) is 8.49. The quantitative estimate of drug-likeness (QED) is 0.873. The molecule has 0 aromatic heterocycles. The molecule has 146 valence electrons. The number of piperidine rings is 1. The molecule has 1 atom stereocenters. The van der Waals surface area contributed by atoms with Crippen molar-refractivity contribution in [2.75, 3.05) is 19.6 Å². The third-order valence-corrected chi connectivity index (χ3v) is 6.77. The first kappa shape index (κ1) is 19.8. The molecule has 3 rings (SSSR count). The van der Waals surface area contributed by atoms with Gasteiger partial charge < -0.3 is 5.32 Å². The van der Waals surface area contributed by atoms with E-state index in [-0.39, 0.29) is 28.7 Å². The summed E-state index contributed by atoms with van der Waals surface area (Å²) in [5.74, 6) is -0.348. The van der Waals surface area contributed by atoms with Gasteiger partial charge >= 0.3 is 0 Å². The van der Waals surface area contributed by atoms with Crippen LogP contribution in [0.15, 0.2) is 47.4 Å². The molecule has 0 unspecified atom stereocenters. The Balaban J connectivity index is 1.76. The van der Waals surface area contributed by atoms with Crippen LogP contribution in [0.2, 0.25) is 0 Å². The summed E-state index contributed by atoms with van der Waals surface area (Å²) >= 11 is 0. The normalized spacial score (nSPS) is 19.1. The van der Waals surface area contributed by atoms with E-state index < -0.39 is 10.0 Å². The SMILES string of the molecule is CC(C)(C)CNC(=O)[C@H]1CCCN(S(=O)(=O)c2ccc3ccccc3c2)C1. The largest absolute Gasteiger partial charge is 0.355 e. The van der Waals surface area contributed by atoms with Crippen molar-refractivity contribution >= 4 is 26.7 Å². The molecular formula is C21H28N2O3S. The summed E-state index contributed by atoms with van der Waals surface area (Å²) < 4.78 is 27.7. The van der Waals surface area contributed by atoms with Crippen molar-refractivity contribution in [1.82, 2.24) is 9.62 Å². The highest BCUT2D eigenvalue weighted by Crippen LogP contribution is 2.26. The van der Waals surface area contributed by atoms with Crippen molar-refractivity contribution in [3.8, 4) is 0 Å². The van der Waals surface area contributed by atoms with Gasteiger partial charge in [0, 0.05) is 19.6 Å². The van der Waals surface area contributed by atoms with Crippen molar-refractivity contribution in [2.24, 2.45) is 11.3 Å². The Labute approximate surface area is 161 Å². The summed E-state index contributed by atoms with van der Waals surface area (Å²) in [5, 5.41) is 4.87. The number of benzene rings is 2. The van der Waals surface area contributed by atoms with E-state index in [2.05, 4.69) is 26.1 Å². The van der Waals surface area contributed by atoms with Gasteiger partial charge in [0.05, 0.1) is 10.8 Å². The van der Waals surface area contributed by atoms with Crippen LogP contribution in [0.4, 0.5) is 0 Å². The molecule has 0 spiro atoms. The molecule has 1 heterocycles. The van der Waals surface area contributed by atoms with Gasteiger partial charge in [-0.1, -0.05) is 51.1 Å². The number of fused-ring (bicyclic) bond motifs is 1. The average Bonchev–Trinajstić information content (AvgIpc) is 2.65. The number of rotatable bonds is 4. The minimum atomic E-state index is -3.61. The molecular weight excluding hydrogens is 360 g/mol. The van der Waals surface area contributed by atoms with E-state index in [1.54, 1.807) is 12.1 Å². The molecule has 1 N–H and O–H groups in total. The average molecular weight is 389 g/mol. The smallest absolute Gasteiger partial charge is 0.243 e. The molecule has 5 nitrogen and oxygen atoms in total. The van der Waals surface area contributed by atoms with Crippen LogP contribution in [0.25, 0.3) is 10.8 Å². The van der Waals surface area contributed by atoms with Gasteiger partial charge in [-0.2, -0.15) is 4.31 Å². The van der Waals surface area contributed by atoms with Crippen molar-refractivity contribution in [3.05, 3.63) is 42.5 Å². The minimum Gasteiger partial charge on any atom is -0.355 e. The number of carbonyl (C=O) groups is 1. The lowest BCUT2D eigenvalue weighted by Crippen LogP contribution is -2.46. The Kier molecular flexibility index (Phi) is 5.58. The van der Waals surface area contributed by atoms with E-state index in [4.69, 9.17) is 0 Å².